The number of rotatable bonds is 5. The van der Waals surface area contributed by atoms with E-state index in [1.54, 1.807) is 36.4 Å². The van der Waals surface area contributed by atoms with Crippen LogP contribution < -0.4 is 14.8 Å². The molecule has 0 radical (unpaired) electrons. The summed E-state index contributed by atoms with van der Waals surface area (Å²) in [5, 5.41) is 2.58. The largest absolute Gasteiger partial charge is 0.497 e. The van der Waals surface area contributed by atoms with Crippen LogP contribution in [-0.4, -0.2) is 21.4 Å². The maximum atomic E-state index is 12.4. The quantitative estimate of drug-likeness (QED) is 0.886. The first-order valence-corrected chi connectivity index (χ1v) is 7.94. The molecule has 0 atom stereocenters. The van der Waals surface area contributed by atoms with Gasteiger partial charge in [0.25, 0.3) is 10.0 Å². The Morgan fingerprint density at radius 3 is 2.14 bits per heavy atom. The molecule has 116 valence electrons. The number of hydrogen-bond donors (Lipinski definition) is 2. The summed E-state index contributed by atoms with van der Waals surface area (Å²) in [7, 11) is -2.25. The van der Waals surface area contributed by atoms with E-state index < -0.39 is 10.0 Å². The fraction of sp³-hybridized carbons (Fsp3) is 0.133. The van der Waals surface area contributed by atoms with E-state index in [0.717, 1.165) is 0 Å². The van der Waals surface area contributed by atoms with Crippen molar-refractivity contribution in [3.8, 4) is 5.75 Å². The van der Waals surface area contributed by atoms with Gasteiger partial charge in [0.05, 0.1) is 23.4 Å². The predicted molar refractivity (Wildman–Crippen MR) is 84.5 cm³/mol. The topological polar surface area (TPSA) is 84.5 Å². The molecule has 1 amide bonds. The van der Waals surface area contributed by atoms with Crippen LogP contribution in [0.25, 0.3) is 0 Å². The number of para-hydroxylation sites is 2. The summed E-state index contributed by atoms with van der Waals surface area (Å²) in [6.07, 6.45) is 0. The molecule has 0 bridgehead atoms. The van der Waals surface area contributed by atoms with E-state index >= 15 is 0 Å². The minimum Gasteiger partial charge on any atom is -0.497 e. The summed E-state index contributed by atoms with van der Waals surface area (Å²) in [5.74, 6) is 0.286. The van der Waals surface area contributed by atoms with Gasteiger partial charge in [0, 0.05) is 6.92 Å². The number of nitrogens with one attached hydrogen (secondary N) is 2. The van der Waals surface area contributed by atoms with E-state index in [1.807, 2.05) is 0 Å². The molecule has 2 N–H and O–H groups in total. The number of hydrogen-bond acceptors (Lipinski definition) is 4. The second-order valence-electron chi connectivity index (χ2n) is 4.51. The van der Waals surface area contributed by atoms with Gasteiger partial charge < -0.3 is 10.1 Å². The van der Waals surface area contributed by atoms with Crippen molar-refractivity contribution in [2.75, 3.05) is 17.1 Å². The second-order valence-corrected chi connectivity index (χ2v) is 6.19. The summed E-state index contributed by atoms with van der Waals surface area (Å²) in [5.41, 5.74) is 0.695. The lowest BCUT2D eigenvalue weighted by atomic mass is 10.3. The predicted octanol–water partition coefficient (Wildman–Crippen LogP) is 2.45. The van der Waals surface area contributed by atoms with E-state index in [0.29, 0.717) is 17.1 Å². The average molecular weight is 320 g/mol. The lowest BCUT2D eigenvalue weighted by Crippen LogP contribution is -2.15. The normalized spacial score (nSPS) is 10.8. The summed E-state index contributed by atoms with van der Waals surface area (Å²) >= 11 is 0. The average Bonchev–Trinajstić information content (AvgIpc) is 2.48. The van der Waals surface area contributed by atoms with Gasteiger partial charge in [-0.25, -0.2) is 8.42 Å². The van der Waals surface area contributed by atoms with Crippen LogP contribution in [0.1, 0.15) is 6.92 Å². The summed E-state index contributed by atoms with van der Waals surface area (Å²) < 4.78 is 32.2. The standard InChI is InChI=1S/C15H16N2O4S/c1-11(18)16-14-5-3-4-6-15(14)17-22(19,20)13-9-7-12(21-2)8-10-13/h3-10,17H,1-2H3,(H,16,18). The van der Waals surface area contributed by atoms with Crippen molar-refractivity contribution in [1.82, 2.24) is 0 Å². The molecule has 0 unspecified atom stereocenters. The molecule has 22 heavy (non-hydrogen) atoms. The van der Waals surface area contributed by atoms with Gasteiger partial charge in [0.2, 0.25) is 5.91 Å². The molecule has 0 aliphatic rings. The van der Waals surface area contributed by atoms with Crippen molar-refractivity contribution in [2.24, 2.45) is 0 Å². The lowest BCUT2D eigenvalue weighted by molar-refractivity contribution is -0.114. The lowest BCUT2D eigenvalue weighted by Gasteiger charge is -2.13. The van der Waals surface area contributed by atoms with Gasteiger partial charge in [-0.15, -0.1) is 0 Å². The highest BCUT2D eigenvalue weighted by atomic mass is 32.2. The first-order valence-electron chi connectivity index (χ1n) is 6.46. The summed E-state index contributed by atoms with van der Waals surface area (Å²) in [4.78, 5) is 11.3. The fourth-order valence-corrected chi connectivity index (χ4v) is 2.91. The van der Waals surface area contributed by atoms with Gasteiger partial charge in [-0.1, -0.05) is 12.1 Å². The Labute approximate surface area is 129 Å². The maximum absolute atomic E-state index is 12.4. The first-order chi connectivity index (χ1) is 10.4. The van der Waals surface area contributed by atoms with Crippen molar-refractivity contribution < 1.29 is 17.9 Å². The molecule has 0 aromatic heterocycles. The number of anilines is 2. The molecule has 7 heteroatoms. The molecule has 0 spiro atoms. The van der Waals surface area contributed by atoms with Crippen LogP contribution in [0.5, 0.6) is 5.75 Å². The second kappa shape index (κ2) is 6.48. The number of benzene rings is 2. The van der Waals surface area contributed by atoms with Crippen LogP contribution in [-0.2, 0) is 14.8 Å². The number of methoxy groups -OCH3 is 1. The van der Waals surface area contributed by atoms with Gasteiger partial charge in [0.15, 0.2) is 0 Å². The zero-order chi connectivity index (χ0) is 16.2. The van der Waals surface area contributed by atoms with E-state index in [1.165, 1.54) is 26.2 Å². The SMILES string of the molecule is COc1ccc(S(=O)(=O)Nc2ccccc2NC(C)=O)cc1. The Kier molecular flexibility index (Phi) is 4.67. The highest BCUT2D eigenvalue weighted by Crippen LogP contribution is 2.25. The van der Waals surface area contributed by atoms with Crippen LogP contribution in [0.15, 0.2) is 53.4 Å². The van der Waals surface area contributed by atoms with E-state index in [4.69, 9.17) is 4.74 Å². The van der Waals surface area contributed by atoms with Gasteiger partial charge >= 0.3 is 0 Å². The van der Waals surface area contributed by atoms with Gasteiger partial charge in [-0.05, 0) is 36.4 Å². The Morgan fingerprint density at radius 2 is 1.59 bits per heavy atom. The molecule has 0 fully saturated rings. The summed E-state index contributed by atoms with van der Waals surface area (Å²) in [6.45, 7) is 1.36. The Hall–Kier alpha value is -2.54. The smallest absolute Gasteiger partial charge is 0.261 e. The zero-order valence-corrected chi connectivity index (χ0v) is 13.0. The molecule has 0 aliphatic heterocycles. The van der Waals surface area contributed by atoms with Gasteiger partial charge in [-0.2, -0.15) is 0 Å². The molecule has 2 rings (SSSR count). The number of carbonyl (C=O) groups is 1. The molecule has 2 aromatic rings. The fourth-order valence-electron chi connectivity index (χ4n) is 1.83. The van der Waals surface area contributed by atoms with E-state index in [2.05, 4.69) is 10.0 Å². The maximum Gasteiger partial charge on any atom is 0.261 e. The van der Waals surface area contributed by atoms with Crippen LogP contribution in [0, 0.1) is 0 Å². The van der Waals surface area contributed by atoms with Crippen LogP contribution in [0.3, 0.4) is 0 Å². The molecule has 2 aromatic carbocycles. The van der Waals surface area contributed by atoms with Crippen LogP contribution in [0.4, 0.5) is 11.4 Å². The Balaban J connectivity index is 2.30. The minimum atomic E-state index is -3.75. The third-order valence-electron chi connectivity index (χ3n) is 2.85. The van der Waals surface area contributed by atoms with Crippen molar-refractivity contribution in [1.29, 1.82) is 0 Å². The third kappa shape index (κ3) is 3.76. The molecular formula is C15H16N2O4S. The molecule has 6 nitrogen and oxygen atoms in total. The van der Waals surface area contributed by atoms with Crippen molar-refractivity contribution in [2.45, 2.75) is 11.8 Å². The number of ether oxygens (including phenoxy) is 1. The van der Waals surface area contributed by atoms with Crippen molar-refractivity contribution in [3.05, 3.63) is 48.5 Å². The Bertz CT molecular complexity index is 770. The van der Waals surface area contributed by atoms with Crippen LogP contribution in [0.2, 0.25) is 0 Å². The summed E-state index contributed by atoms with van der Waals surface area (Å²) in [6, 6.07) is 12.6. The highest BCUT2D eigenvalue weighted by Gasteiger charge is 2.16. The number of amides is 1. The minimum absolute atomic E-state index is 0.103. The molecule has 0 saturated heterocycles. The van der Waals surface area contributed by atoms with E-state index in [-0.39, 0.29) is 10.8 Å². The van der Waals surface area contributed by atoms with Gasteiger partial charge in [-0.3, -0.25) is 9.52 Å². The Morgan fingerprint density at radius 1 is 1.00 bits per heavy atom. The zero-order valence-electron chi connectivity index (χ0n) is 12.2. The van der Waals surface area contributed by atoms with Crippen molar-refractivity contribution in [3.63, 3.8) is 0 Å². The van der Waals surface area contributed by atoms with E-state index in [9.17, 15) is 13.2 Å². The van der Waals surface area contributed by atoms with Crippen molar-refractivity contribution >= 4 is 27.3 Å². The highest BCUT2D eigenvalue weighted by molar-refractivity contribution is 7.92. The number of carbonyl (C=O) groups excluding carboxylic acids is 1. The van der Waals surface area contributed by atoms with Crippen LogP contribution >= 0.6 is 0 Å². The molecular weight excluding hydrogens is 304 g/mol. The first kappa shape index (κ1) is 15.8. The molecule has 0 saturated carbocycles. The number of sulfonamides is 1. The molecule has 0 aliphatic carbocycles. The monoisotopic (exact) mass is 320 g/mol. The third-order valence-corrected chi connectivity index (χ3v) is 4.23. The van der Waals surface area contributed by atoms with Gasteiger partial charge in [0.1, 0.15) is 5.75 Å². The molecule has 0 heterocycles.